The Bertz CT molecular complexity index is 1170. The summed E-state index contributed by atoms with van der Waals surface area (Å²) in [6.07, 6.45) is 5.54. The maximum absolute atomic E-state index is 5.61. The van der Waals surface area contributed by atoms with E-state index in [1.807, 2.05) is 0 Å². The van der Waals surface area contributed by atoms with E-state index in [1.54, 1.807) is 0 Å². The molecule has 7 heteroatoms. The molecule has 0 bridgehead atoms. The SMILES string of the molecule is CC1CCCN(c2cc(N3CCc4ccccc4C3)nc(NC(=S)NCCCc3ccccc3)n2)C1. The van der Waals surface area contributed by atoms with Gasteiger partial charge in [-0.1, -0.05) is 61.5 Å². The fourth-order valence-corrected chi connectivity index (χ4v) is 5.37. The van der Waals surface area contributed by atoms with Crippen LogP contribution < -0.4 is 20.4 Å². The van der Waals surface area contributed by atoms with Gasteiger partial charge in [0.25, 0.3) is 0 Å². The summed E-state index contributed by atoms with van der Waals surface area (Å²) >= 11 is 5.61. The van der Waals surface area contributed by atoms with Crippen molar-refractivity contribution in [3.05, 3.63) is 77.4 Å². The lowest BCUT2D eigenvalue weighted by atomic mass is 10.00. The van der Waals surface area contributed by atoms with Crippen LogP contribution in [0.25, 0.3) is 0 Å². The van der Waals surface area contributed by atoms with Crippen molar-refractivity contribution in [2.75, 3.05) is 41.3 Å². The summed E-state index contributed by atoms with van der Waals surface area (Å²) in [5.41, 5.74) is 4.16. The predicted octanol–water partition coefficient (Wildman–Crippen LogP) is 5.19. The molecule has 2 aromatic carbocycles. The van der Waals surface area contributed by atoms with Crippen molar-refractivity contribution in [2.24, 2.45) is 5.92 Å². The number of aryl methyl sites for hydroxylation is 1. The third kappa shape index (κ3) is 6.32. The topological polar surface area (TPSA) is 56.3 Å². The number of benzene rings is 2. The number of nitrogens with one attached hydrogen (secondary N) is 2. The fourth-order valence-electron chi connectivity index (χ4n) is 5.18. The van der Waals surface area contributed by atoms with Crippen molar-refractivity contribution in [3.8, 4) is 0 Å². The van der Waals surface area contributed by atoms with Crippen LogP contribution in [0.15, 0.2) is 60.7 Å². The molecule has 188 valence electrons. The standard InChI is InChI=1S/C29H36N6S/c1-22-9-8-17-34(20-22)26-19-27(35-18-15-24-13-5-6-14-25(24)21-35)32-28(31-26)33-29(36)30-16-7-12-23-10-3-2-4-11-23/h2-6,10-11,13-14,19,22H,7-9,12,15-18,20-21H2,1H3,(H2,30,31,32,33,36). The summed E-state index contributed by atoms with van der Waals surface area (Å²) in [7, 11) is 0. The zero-order valence-corrected chi connectivity index (χ0v) is 21.9. The number of rotatable bonds is 7. The molecule has 1 fully saturated rings. The first-order chi connectivity index (χ1) is 17.6. The summed E-state index contributed by atoms with van der Waals surface area (Å²) in [6.45, 7) is 7.01. The van der Waals surface area contributed by atoms with E-state index in [1.165, 1.54) is 29.5 Å². The molecule has 36 heavy (non-hydrogen) atoms. The number of thiocarbonyl (C=S) groups is 1. The van der Waals surface area contributed by atoms with E-state index in [0.717, 1.165) is 63.6 Å². The van der Waals surface area contributed by atoms with E-state index in [2.05, 4.69) is 88.0 Å². The molecule has 1 saturated heterocycles. The Morgan fingerprint density at radius 3 is 2.53 bits per heavy atom. The summed E-state index contributed by atoms with van der Waals surface area (Å²) < 4.78 is 0. The normalized spacial score (nSPS) is 17.4. The highest BCUT2D eigenvalue weighted by Crippen LogP contribution is 2.29. The lowest BCUT2D eigenvalue weighted by Crippen LogP contribution is -2.36. The molecule has 5 rings (SSSR count). The number of aromatic nitrogens is 2. The molecule has 0 saturated carbocycles. The molecule has 2 aliphatic heterocycles. The van der Waals surface area contributed by atoms with Crippen molar-refractivity contribution in [1.82, 2.24) is 15.3 Å². The molecule has 3 aromatic rings. The van der Waals surface area contributed by atoms with Crippen molar-refractivity contribution < 1.29 is 0 Å². The highest BCUT2D eigenvalue weighted by molar-refractivity contribution is 7.80. The maximum Gasteiger partial charge on any atom is 0.232 e. The van der Waals surface area contributed by atoms with Crippen LogP contribution in [-0.2, 0) is 19.4 Å². The Balaban J connectivity index is 1.28. The van der Waals surface area contributed by atoms with E-state index in [4.69, 9.17) is 22.2 Å². The third-order valence-corrected chi connectivity index (χ3v) is 7.38. The molecule has 6 nitrogen and oxygen atoms in total. The third-order valence-electron chi connectivity index (χ3n) is 7.13. The quantitative estimate of drug-likeness (QED) is 0.342. The van der Waals surface area contributed by atoms with Crippen LogP contribution in [0, 0.1) is 5.92 Å². The predicted molar refractivity (Wildman–Crippen MR) is 153 cm³/mol. The van der Waals surface area contributed by atoms with Gasteiger partial charge in [0, 0.05) is 38.8 Å². The Hall–Kier alpha value is -3.19. The van der Waals surface area contributed by atoms with Crippen LogP contribution in [-0.4, -0.2) is 41.3 Å². The highest BCUT2D eigenvalue weighted by atomic mass is 32.1. The minimum absolute atomic E-state index is 0.570. The molecule has 1 aromatic heterocycles. The number of nitrogens with zero attached hydrogens (tertiary/aromatic N) is 4. The number of fused-ring (bicyclic) bond motifs is 1. The number of piperidine rings is 1. The van der Waals surface area contributed by atoms with Crippen molar-refractivity contribution in [2.45, 2.75) is 45.6 Å². The molecular weight excluding hydrogens is 464 g/mol. The average molecular weight is 501 g/mol. The van der Waals surface area contributed by atoms with E-state index in [9.17, 15) is 0 Å². The smallest absolute Gasteiger partial charge is 0.232 e. The lowest BCUT2D eigenvalue weighted by molar-refractivity contribution is 0.444. The number of anilines is 3. The van der Waals surface area contributed by atoms with Gasteiger partial charge in [-0.05, 0) is 66.9 Å². The van der Waals surface area contributed by atoms with Crippen LogP contribution in [0.5, 0.6) is 0 Å². The molecule has 0 aliphatic carbocycles. The van der Waals surface area contributed by atoms with Gasteiger partial charge in [0.2, 0.25) is 5.95 Å². The van der Waals surface area contributed by atoms with Crippen LogP contribution >= 0.6 is 12.2 Å². The molecule has 3 heterocycles. The second-order valence-electron chi connectivity index (χ2n) is 10.0. The van der Waals surface area contributed by atoms with Gasteiger partial charge in [0.05, 0.1) is 0 Å². The first-order valence-electron chi connectivity index (χ1n) is 13.2. The van der Waals surface area contributed by atoms with Gasteiger partial charge in [-0.3, -0.25) is 0 Å². The summed E-state index contributed by atoms with van der Waals surface area (Å²) in [4.78, 5) is 14.6. The minimum Gasteiger partial charge on any atom is -0.362 e. The zero-order chi connectivity index (χ0) is 24.7. The molecule has 0 amide bonds. The van der Waals surface area contributed by atoms with Gasteiger partial charge in [0.15, 0.2) is 5.11 Å². The van der Waals surface area contributed by atoms with Gasteiger partial charge in [-0.15, -0.1) is 0 Å². The van der Waals surface area contributed by atoms with E-state index in [-0.39, 0.29) is 0 Å². The Morgan fingerprint density at radius 1 is 0.972 bits per heavy atom. The second-order valence-corrected chi connectivity index (χ2v) is 10.4. The fraction of sp³-hybridized carbons (Fsp3) is 0.414. The highest BCUT2D eigenvalue weighted by Gasteiger charge is 2.23. The van der Waals surface area contributed by atoms with Gasteiger partial charge in [-0.2, -0.15) is 9.97 Å². The Labute approximate surface area is 220 Å². The largest absolute Gasteiger partial charge is 0.362 e. The Kier molecular flexibility index (Phi) is 7.96. The molecule has 0 spiro atoms. The van der Waals surface area contributed by atoms with Crippen LogP contribution in [0.1, 0.15) is 42.9 Å². The van der Waals surface area contributed by atoms with Crippen LogP contribution in [0.2, 0.25) is 0 Å². The molecule has 1 unspecified atom stereocenters. The van der Waals surface area contributed by atoms with E-state index >= 15 is 0 Å². The second kappa shape index (κ2) is 11.7. The van der Waals surface area contributed by atoms with E-state index in [0.29, 0.717) is 17.0 Å². The number of hydrogen-bond donors (Lipinski definition) is 2. The monoisotopic (exact) mass is 500 g/mol. The molecule has 1 atom stereocenters. The minimum atomic E-state index is 0.570. The first kappa shape index (κ1) is 24.5. The van der Waals surface area contributed by atoms with Gasteiger partial charge < -0.3 is 20.4 Å². The Morgan fingerprint density at radius 2 is 1.72 bits per heavy atom. The van der Waals surface area contributed by atoms with Crippen LogP contribution in [0.4, 0.5) is 17.6 Å². The van der Waals surface area contributed by atoms with E-state index < -0.39 is 0 Å². The van der Waals surface area contributed by atoms with Gasteiger partial charge >= 0.3 is 0 Å². The molecule has 2 aliphatic rings. The maximum atomic E-state index is 5.61. The van der Waals surface area contributed by atoms with Crippen molar-refractivity contribution in [1.29, 1.82) is 0 Å². The van der Waals surface area contributed by atoms with Crippen molar-refractivity contribution >= 4 is 34.9 Å². The molecular formula is C29H36N6S. The van der Waals surface area contributed by atoms with Gasteiger partial charge in [0.1, 0.15) is 11.6 Å². The summed E-state index contributed by atoms with van der Waals surface area (Å²) in [6, 6.07) is 21.4. The lowest BCUT2D eigenvalue weighted by Gasteiger charge is -2.34. The zero-order valence-electron chi connectivity index (χ0n) is 21.1. The van der Waals surface area contributed by atoms with Crippen molar-refractivity contribution in [3.63, 3.8) is 0 Å². The average Bonchev–Trinajstić information content (AvgIpc) is 2.91. The molecule has 2 N–H and O–H groups in total. The summed E-state index contributed by atoms with van der Waals surface area (Å²) in [5.74, 6) is 3.19. The van der Waals surface area contributed by atoms with Gasteiger partial charge in [-0.25, -0.2) is 0 Å². The first-order valence-corrected chi connectivity index (χ1v) is 13.6. The van der Waals surface area contributed by atoms with Crippen LogP contribution in [0.3, 0.4) is 0 Å². The number of hydrogen-bond acceptors (Lipinski definition) is 5. The molecule has 0 radical (unpaired) electrons. The summed E-state index contributed by atoms with van der Waals surface area (Å²) in [5, 5.41) is 7.18.